The van der Waals surface area contributed by atoms with Gasteiger partial charge in [0.05, 0.1) is 18.8 Å². The number of benzene rings is 1. The lowest BCUT2D eigenvalue weighted by atomic mass is 9.86. The molecule has 3 nitrogen and oxygen atoms in total. The molecule has 0 bridgehead atoms. The molecule has 1 N–H and O–H groups in total. The van der Waals surface area contributed by atoms with Crippen LogP contribution in [0.3, 0.4) is 0 Å². The van der Waals surface area contributed by atoms with Crippen LogP contribution in [0.15, 0.2) is 24.3 Å². The van der Waals surface area contributed by atoms with E-state index in [2.05, 4.69) is 49.9 Å². The fraction of sp³-hybridized carbons (Fsp3) is 0.700. The summed E-state index contributed by atoms with van der Waals surface area (Å²) in [5.41, 5.74) is 2.93. The van der Waals surface area contributed by atoms with Crippen molar-refractivity contribution in [3.8, 4) is 0 Å². The van der Waals surface area contributed by atoms with E-state index in [1.807, 2.05) is 13.8 Å². The smallest absolute Gasteiger partial charge is 0.0900 e. The molecule has 1 aliphatic rings. The largest absolute Gasteiger partial charge is 0.389 e. The Kier molecular flexibility index (Phi) is 6.24. The molecule has 0 radical (unpaired) electrons. The van der Waals surface area contributed by atoms with Gasteiger partial charge in [0.25, 0.3) is 0 Å². The Hall–Kier alpha value is -0.900. The maximum absolute atomic E-state index is 10.2. The zero-order valence-corrected chi connectivity index (χ0v) is 15.4. The lowest BCUT2D eigenvalue weighted by Crippen LogP contribution is -2.35. The number of ether oxygens (including phenoxy) is 1. The molecule has 0 aliphatic carbocycles. The van der Waals surface area contributed by atoms with Crippen LogP contribution < -0.4 is 0 Å². The lowest BCUT2D eigenvalue weighted by molar-refractivity contribution is -0.0101. The molecule has 1 aliphatic heterocycles. The fourth-order valence-corrected chi connectivity index (χ4v) is 3.25. The first-order valence-electron chi connectivity index (χ1n) is 8.91. The van der Waals surface area contributed by atoms with E-state index in [0.717, 1.165) is 6.54 Å². The van der Waals surface area contributed by atoms with E-state index in [0.29, 0.717) is 19.2 Å². The average molecular weight is 319 g/mol. The summed E-state index contributed by atoms with van der Waals surface area (Å²) in [7, 11) is 0. The molecule has 2 unspecified atom stereocenters. The molecule has 0 amide bonds. The van der Waals surface area contributed by atoms with Gasteiger partial charge in [-0.2, -0.15) is 0 Å². The van der Waals surface area contributed by atoms with Crippen molar-refractivity contribution in [2.24, 2.45) is 0 Å². The second-order valence-corrected chi connectivity index (χ2v) is 8.06. The Morgan fingerprint density at radius 2 is 1.87 bits per heavy atom. The van der Waals surface area contributed by atoms with E-state index in [1.165, 1.54) is 24.0 Å². The molecule has 23 heavy (non-hydrogen) atoms. The van der Waals surface area contributed by atoms with Crippen molar-refractivity contribution in [1.82, 2.24) is 4.90 Å². The monoisotopic (exact) mass is 319 g/mol. The molecule has 1 aromatic rings. The fourth-order valence-electron chi connectivity index (χ4n) is 3.25. The summed E-state index contributed by atoms with van der Waals surface area (Å²) >= 11 is 0. The number of nitrogens with zero attached hydrogens (tertiary/aromatic N) is 1. The average Bonchev–Trinajstić information content (AvgIpc) is 2.92. The molecule has 130 valence electrons. The summed E-state index contributed by atoms with van der Waals surface area (Å²) in [6.07, 6.45) is 2.13. The van der Waals surface area contributed by atoms with E-state index in [9.17, 15) is 5.11 Å². The van der Waals surface area contributed by atoms with Gasteiger partial charge in [-0.3, -0.25) is 4.90 Å². The zero-order chi connectivity index (χ0) is 17.0. The second kappa shape index (κ2) is 7.78. The van der Waals surface area contributed by atoms with Crippen LogP contribution in [0.4, 0.5) is 0 Å². The number of β-amino-alcohol motifs (C(OH)–C–C–N with tert-alkyl or cyclic N) is 1. The van der Waals surface area contributed by atoms with Crippen LogP contribution in [-0.2, 0) is 10.2 Å². The summed E-state index contributed by atoms with van der Waals surface area (Å²) in [4.78, 5) is 2.40. The first-order chi connectivity index (χ1) is 10.8. The van der Waals surface area contributed by atoms with Gasteiger partial charge in [-0.05, 0) is 49.8 Å². The third-order valence-electron chi connectivity index (χ3n) is 4.59. The van der Waals surface area contributed by atoms with Crippen molar-refractivity contribution in [3.63, 3.8) is 0 Å². The van der Waals surface area contributed by atoms with Gasteiger partial charge in [0.1, 0.15) is 0 Å². The van der Waals surface area contributed by atoms with Crippen LogP contribution in [0.2, 0.25) is 0 Å². The number of hydrogen-bond acceptors (Lipinski definition) is 3. The van der Waals surface area contributed by atoms with Crippen molar-refractivity contribution < 1.29 is 9.84 Å². The predicted octanol–water partition coefficient (Wildman–Crippen LogP) is 3.91. The highest BCUT2D eigenvalue weighted by Gasteiger charge is 2.28. The number of aliphatic hydroxyl groups excluding tert-OH is 1. The third kappa shape index (κ3) is 5.30. The molecule has 1 heterocycles. The van der Waals surface area contributed by atoms with E-state index in [1.54, 1.807) is 0 Å². The number of hydrogen-bond donors (Lipinski definition) is 1. The zero-order valence-electron chi connectivity index (χ0n) is 15.4. The van der Waals surface area contributed by atoms with Crippen molar-refractivity contribution in [3.05, 3.63) is 35.4 Å². The highest BCUT2D eigenvalue weighted by atomic mass is 16.5. The first kappa shape index (κ1) is 18.4. The Bertz CT molecular complexity index is 475. The molecular weight excluding hydrogens is 286 g/mol. The minimum absolute atomic E-state index is 0.170. The van der Waals surface area contributed by atoms with Crippen molar-refractivity contribution in [2.45, 2.75) is 71.1 Å². The van der Waals surface area contributed by atoms with Crippen LogP contribution in [0, 0.1) is 0 Å². The summed E-state index contributed by atoms with van der Waals surface area (Å²) < 4.78 is 5.53. The first-order valence-corrected chi connectivity index (χ1v) is 8.91. The number of aliphatic hydroxyl groups is 1. The molecule has 2 atom stereocenters. The molecule has 1 aromatic carbocycles. The van der Waals surface area contributed by atoms with Crippen LogP contribution in [-0.4, -0.2) is 41.9 Å². The molecule has 0 spiro atoms. The van der Waals surface area contributed by atoms with Crippen molar-refractivity contribution in [1.29, 1.82) is 0 Å². The minimum Gasteiger partial charge on any atom is -0.389 e. The van der Waals surface area contributed by atoms with E-state index in [4.69, 9.17) is 4.74 Å². The minimum atomic E-state index is -0.410. The van der Waals surface area contributed by atoms with E-state index in [-0.39, 0.29) is 11.5 Å². The SMILES string of the molecule is CC(C)OCC(O)CN1CCCC1c1ccc(C(C)(C)C)cc1. The highest BCUT2D eigenvalue weighted by molar-refractivity contribution is 5.29. The number of rotatable bonds is 6. The third-order valence-corrected chi connectivity index (χ3v) is 4.59. The summed E-state index contributed by atoms with van der Waals surface area (Å²) in [5.74, 6) is 0. The Morgan fingerprint density at radius 3 is 2.43 bits per heavy atom. The van der Waals surface area contributed by atoms with Gasteiger partial charge < -0.3 is 9.84 Å². The summed E-state index contributed by atoms with van der Waals surface area (Å²) in [5, 5.41) is 10.2. The van der Waals surface area contributed by atoms with E-state index >= 15 is 0 Å². The molecule has 1 fully saturated rings. The second-order valence-electron chi connectivity index (χ2n) is 8.06. The van der Waals surface area contributed by atoms with Gasteiger partial charge in [0, 0.05) is 12.6 Å². The van der Waals surface area contributed by atoms with Crippen molar-refractivity contribution in [2.75, 3.05) is 19.7 Å². The number of likely N-dealkylation sites (tertiary alicyclic amines) is 1. The van der Waals surface area contributed by atoms with Gasteiger partial charge in [-0.25, -0.2) is 0 Å². The topological polar surface area (TPSA) is 32.7 Å². The molecule has 0 saturated carbocycles. The van der Waals surface area contributed by atoms with Gasteiger partial charge in [-0.15, -0.1) is 0 Å². The predicted molar refractivity (Wildman–Crippen MR) is 95.8 cm³/mol. The molecule has 1 saturated heterocycles. The highest BCUT2D eigenvalue weighted by Crippen LogP contribution is 2.33. The van der Waals surface area contributed by atoms with Crippen molar-refractivity contribution >= 4 is 0 Å². The normalized spacial score (nSPS) is 21.1. The van der Waals surface area contributed by atoms with Gasteiger partial charge in [0.2, 0.25) is 0 Å². The standard InChI is InChI=1S/C20H33NO2/c1-15(2)23-14-18(22)13-21-12-6-7-19(21)16-8-10-17(11-9-16)20(3,4)5/h8-11,15,18-19,22H,6-7,12-14H2,1-5H3. The van der Waals surface area contributed by atoms with Gasteiger partial charge >= 0.3 is 0 Å². The maximum Gasteiger partial charge on any atom is 0.0900 e. The maximum atomic E-state index is 10.2. The molecular formula is C20H33NO2. The van der Waals surface area contributed by atoms with E-state index < -0.39 is 6.10 Å². The van der Waals surface area contributed by atoms with Crippen LogP contribution >= 0.6 is 0 Å². The van der Waals surface area contributed by atoms with Crippen LogP contribution in [0.1, 0.15) is 64.6 Å². The quantitative estimate of drug-likeness (QED) is 0.863. The van der Waals surface area contributed by atoms with Gasteiger partial charge in [0.15, 0.2) is 0 Å². The van der Waals surface area contributed by atoms with Crippen LogP contribution in [0.5, 0.6) is 0 Å². The lowest BCUT2D eigenvalue weighted by Gasteiger charge is -2.28. The molecule has 2 rings (SSSR count). The Balaban J connectivity index is 1.98. The summed E-state index contributed by atoms with van der Waals surface area (Å²) in [6.45, 7) is 12.9. The van der Waals surface area contributed by atoms with Crippen LogP contribution in [0.25, 0.3) is 0 Å². The summed E-state index contributed by atoms with van der Waals surface area (Å²) in [6, 6.07) is 9.47. The van der Waals surface area contributed by atoms with Gasteiger partial charge in [-0.1, -0.05) is 45.0 Å². The Morgan fingerprint density at radius 1 is 1.22 bits per heavy atom. The Labute approximate surface area is 141 Å². The molecule has 3 heteroatoms. The molecule has 0 aromatic heterocycles.